The molecule has 1 fully saturated rings. The topological polar surface area (TPSA) is 78.9 Å². The van der Waals surface area contributed by atoms with E-state index in [1.54, 1.807) is 11.8 Å². The van der Waals surface area contributed by atoms with Gasteiger partial charge in [0.25, 0.3) is 0 Å². The molecule has 1 aromatic rings. The molecule has 0 radical (unpaired) electrons. The highest BCUT2D eigenvalue weighted by Gasteiger charge is 2.50. The molecular weight excluding hydrogens is 332 g/mol. The maximum Gasteiger partial charge on any atom is 0.249 e. The Kier molecular flexibility index (Phi) is 7.36. The Hall–Kier alpha value is -2.18. The van der Waals surface area contributed by atoms with Crippen LogP contribution in [0.5, 0.6) is 0 Å². The van der Waals surface area contributed by atoms with Gasteiger partial charge < -0.3 is 20.1 Å². The molecule has 26 heavy (non-hydrogen) atoms. The average Bonchev–Trinajstić information content (AvgIpc) is 2.62. The van der Waals surface area contributed by atoms with Gasteiger partial charge in [0.1, 0.15) is 6.61 Å². The second kappa shape index (κ2) is 9.50. The summed E-state index contributed by atoms with van der Waals surface area (Å²) in [5.41, 5.74) is 2.15. The van der Waals surface area contributed by atoms with E-state index in [0.29, 0.717) is 13.0 Å². The van der Waals surface area contributed by atoms with Gasteiger partial charge in [0.2, 0.25) is 11.8 Å². The minimum Gasteiger partial charge on any atom is -0.394 e. The molecule has 1 aliphatic rings. The molecule has 2 rings (SSSR count). The van der Waals surface area contributed by atoms with Gasteiger partial charge in [-0.05, 0) is 18.1 Å². The number of amides is 2. The minimum atomic E-state index is -0.311. The Balaban J connectivity index is 2.24. The van der Waals surface area contributed by atoms with E-state index in [1.807, 2.05) is 43.3 Å². The first kappa shape index (κ1) is 20.1. The van der Waals surface area contributed by atoms with Crippen molar-refractivity contribution in [3.63, 3.8) is 0 Å². The van der Waals surface area contributed by atoms with Crippen LogP contribution < -0.4 is 5.32 Å². The van der Waals surface area contributed by atoms with Crippen LogP contribution in [0.25, 0.3) is 6.08 Å². The molecule has 6 nitrogen and oxygen atoms in total. The van der Waals surface area contributed by atoms with Gasteiger partial charge in [0.05, 0.1) is 18.7 Å². The predicted octanol–water partition coefficient (Wildman–Crippen LogP) is 1.55. The van der Waals surface area contributed by atoms with E-state index in [-0.39, 0.29) is 43.0 Å². The molecule has 0 bridgehead atoms. The number of benzene rings is 1. The number of carbonyl (C=O) groups excluding carboxylic acids is 2. The quantitative estimate of drug-likeness (QED) is 0.737. The highest BCUT2D eigenvalue weighted by Crippen LogP contribution is 2.40. The number of rotatable bonds is 8. The molecule has 1 saturated heterocycles. The van der Waals surface area contributed by atoms with Gasteiger partial charge in [-0.1, -0.05) is 43.3 Å². The zero-order chi connectivity index (χ0) is 19.1. The number of aliphatic hydroxyl groups is 1. The first-order valence-corrected chi connectivity index (χ1v) is 8.97. The van der Waals surface area contributed by atoms with Gasteiger partial charge in [-0.2, -0.15) is 0 Å². The number of hydrogen-bond donors (Lipinski definition) is 2. The third-order valence-electron chi connectivity index (χ3n) is 4.80. The number of aliphatic hydroxyl groups excluding tert-OH is 1. The summed E-state index contributed by atoms with van der Waals surface area (Å²) in [5.74, 6) is -0.263. The molecule has 142 valence electrons. The van der Waals surface area contributed by atoms with Crippen LogP contribution >= 0.6 is 0 Å². The fraction of sp³-hybridized carbons (Fsp3) is 0.500. The van der Waals surface area contributed by atoms with Crippen molar-refractivity contribution in [3.8, 4) is 0 Å². The molecule has 1 aliphatic heterocycles. The molecule has 0 unspecified atom stereocenters. The van der Waals surface area contributed by atoms with Gasteiger partial charge in [0, 0.05) is 26.0 Å². The molecule has 6 heteroatoms. The van der Waals surface area contributed by atoms with Crippen molar-refractivity contribution in [3.05, 3.63) is 41.5 Å². The lowest BCUT2D eigenvalue weighted by Gasteiger charge is -2.55. The van der Waals surface area contributed by atoms with Gasteiger partial charge in [-0.25, -0.2) is 0 Å². The number of carbonyl (C=O) groups is 2. The van der Waals surface area contributed by atoms with Crippen molar-refractivity contribution < 1.29 is 19.4 Å². The number of nitrogens with zero attached hydrogens (tertiary/aromatic N) is 1. The lowest BCUT2D eigenvalue weighted by atomic mass is 9.74. The molecule has 0 aliphatic carbocycles. The smallest absolute Gasteiger partial charge is 0.249 e. The Morgan fingerprint density at radius 2 is 1.96 bits per heavy atom. The van der Waals surface area contributed by atoms with Gasteiger partial charge in [-0.3, -0.25) is 9.59 Å². The second-order valence-corrected chi connectivity index (χ2v) is 6.40. The standard InChI is InChI=1S/C20H28N2O4/c1-4-6-14-7-9-15(10-8-14)20-16(11-21-18(24)5-2)22(17(20)12-23)19(25)13-26-3/h4,6-10,16-17,20,23H,5,11-13H2,1-3H3,(H,21,24)/b6-4+/t16-,17-,20+/m0/s1. The van der Waals surface area contributed by atoms with Crippen LogP contribution in [0.4, 0.5) is 0 Å². The summed E-state index contributed by atoms with van der Waals surface area (Å²) in [6.45, 7) is 3.95. The molecule has 2 N–H and O–H groups in total. The third-order valence-corrected chi connectivity index (χ3v) is 4.80. The molecule has 0 aromatic heterocycles. The molecular formula is C20H28N2O4. The minimum absolute atomic E-state index is 0.0300. The molecule has 0 spiro atoms. The summed E-state index contributed by atoms with van der Waals surface area (Å²) >= 11 is 0. The lowest BCUT2D eigenvalue weighted by Crippen LogP contribution is -2.69. The Bertz CT molecular complexity index is 642. The van der Waals surface area contributed by atoms with Crippen molar-refractivity contribution in [2.24, 2.45) is 0 Å². The van der Waals surface area contributed by atoms with E-state index in [1.165, 1.54) is 7.11 Å². The Morgan fingerprint density at radius 3 is 2.50 bits per heavy atom. The highest BCUT2D eigenvalue weighted by molar-refractivity contribution is 5.80. The van der Waals surface area contributed by atoms with Crippen LogP contribution in [-0.2, 0) is 14.3 Å². The fourth-order valence-electron chi connectivity index (χ4n) is 3.55. The number of hydrogen-bond acceptors (Lipinski definition) is 4. The first-order chi connectivity index (χ1) is 12.6. The van der Waals surface area contributed by atoms with Gasteiger partial charge in [0.15, 0.2) is 0 Å². The molecule has 1 heterocycles. The molecule has 3 atom stereocenters. The number of likely N-dealkylation sites (tertiary alicyclic amines) is 1. The van der Waals surface area contributed by atoms with Crippen molar-refractivity contribution >= 4 is 17.9 Å². The van der Waals surface area contributed by atoms with Gasteiger partial charge >= 0.3 is 0 Å². The van der Waals surface area contributed by atoms with Crippen LogP contribution in [0.3, 0.4) is 0 Å². The fourth-order valence-corrected chi connectivity index (χ4v) is 3.55. The number of allylic oxidation sites excluding steroid dienone is 1. The Morgan fingerprint density at radius 1 is 1.27 bits per heavy atom. The van der Waals surface area contributed by atoms with E-state index < -0.39 is 0 Å². The van der Waals surface area contributed by atoms with Crippen molar-refractivity contribution in [1.29, 1.82) is 0 Å². The van der Waals surface area contributed by atoms with E-state index in [9.17, 15) is 14.7 Å². The highest BCUT2D eigenvalue weighted by atomic mass is 16.5. The van der Waals surface area contributed by atoms with Crippen LogP contribution in [-0.4, -0.2) is 60.8 Å². The van der Waals surface area contributed by atoms with Crippen LogP contribution in [0.1, 0.15) is 37.3 Å². The number of nitrogens with one attached hydrogen (secondary N) is 1. The van der Waals surface area contributed by atoms with Crippen LogP contribution in [0.15, 0.2) is 30.3 Å². The van der Waals surface area contributed by atoms with E-state index in [0.717, 1.165) is 11.1 Å². The molecule has 1 aromatic carbocycles. The summed E-state index contributed by atoms with van der Waals surface area (Å²) in [5, 5.41) is 12.7. The molecule has 0 saturated carbocycles. The predicted molar refractivity (Wildman–Crippen MR) is 101 cm³/mol. The summed E-state index contributed by atoms with van der Waals surface area (Å²) < 4.78 is 4.96. The average molecular weight is 360 g/mol. The SMILES string of the molecule is C/C=C/c1ccc([C@H]2[C@H](CO)N(C(=O)COC)[C@H]2CNC(=O)CC)cc1. The zero-order valence-electron chi connectivity index (χ0n) is 15.6. The largest absolute Gasteiger partial charge is 0.394 e. The molecule has 2 amide bonds. The Labute approximate surface area is 154 Å². The zero-order valence-corrected chi connectivity index (χ0v) is 15.6. The van der Waals surface area contributed by atoms with E-state index in [2.05, 4.69) is 5.32 Å². The van der Waals surface area contributed by atoms with Crippen LogP contribution in [0.2, 0.25) is 0 Å². The number of ether oxygens (including phenoxy) is 1. The maximum absolute atomic E-state index is 12.4. The van der Waals surface area contributed by atoms with Gasteiger partial charge in [-0.15, -0.1) is 0 Å². The summed E-state index contributed by atoms with van der Waals surface area (Å²) in [4.78, 5) is 25.7. The maximum atomic E-state index is 12.4. The summed E-state index contributed by atoms with van der Waals surface area (Å²) in [7, 11) is 1.47. The summed E-state index contributed by atoms with van der Waals surface area (Å²) in [6, 6.07) is 7.58. The van der Waals surface area contributed by atoms with Crippen molar-refractivity contribution in [2.45, 2.75) is 38.3 Å². The second-order valence-electron chi connectivity index (χ2n) is 6.40. The van der Waals surface area contributed by atoms with Crippen molar-refractivity contribution in [2.75, 3.05) is 26.9 Å². The van der Waals surface area contributed by atoms with Crippen molar-refractivity contribution in [1.82, 2.24) is 10.2 Å². The normalized spacial score (nSPS) is 22.3. The third kappa shape index (κ3) is 4.31. The van der Waals surface area contributed by atoms with E-state index in [4.69, 9.17) is 4.74 Å². The summed E-state index contributed by atoms with van der Waals surface area (Å²) in [6.07, 6.45) is 4.38. The van der Waals surface area contributed by atoms with E-state index >= 15 is 0 Å². The number of methoxy groups -OCH3 is 1. The first-order valence-electron chi connectivity index (χ1n) is 8.97. The van der Waals surface area contributed by atoms with Crippen LogP contribution in [0, 0.1) is 0 Å². The monoisotopic (exact) mass is 360 g/mol. The lowest BCUT2D eigenvalue weighted by molar-refractivity contribution is -0.155.